The van der Waals surface area contributed by atoms with Crippen molar-refractivity contribution in [1.82, 2.24) is 19.4 Å². The van der Waals surface area contributed by atoms with E-state index in [2.05, 4.69) is 4.98 Å². The third-order valence-corrected chi connectivity index (χ3v) is 5.42. The van der Waals surface area contributed by atoms with E-state index in [0.29, 0.717) is 0 Å². The van der Waals surface area contributed by atoms with E-state index in [0.717, 1.165) is 4.57 Å². The van der Waals surface area contributed by atoms with Crippen LogP contribution in [0.3, 0.4) is 0 Å². The number of fused-ring (bicyclic) bond motifs is 1. The van der Waals surface area contributed by atoms with Gasteiger partial charge in [0.1, 0.15) is 6.04 Å². The first kappa shape index (κ1) is 21.6. The van der Waals surface area contributed by atoms with Crippen LogP contribution in [0.15, 0.2) is 51.9 Å². The molecule has 3 aromatic rings. The number of hydrogen-bond donors (Lipinski definition) is 0. The van der Waals surface area contributed by atoms with Gasteiger partial charge in [-0.3, -0.25) is 19.0 Å². The van der Waals surface area contributed by atoms with Crippen molar-refractivity contribution in [3.63, 3.8) is 0 Å². The second kappa shape index (κ2) is 8.13. The molecule has 1 aliphatic heterocycles. The lowest BCUT2D eigenvalue weighted by molar-refractivity contribution is -0.143. The Labute approximate surface area is 179 Å². The normalized spacial score (nSPS) is 15.8. The van der Waals surface area contributed by atoms with Gasteiger partial charge in [0.15, 0.2) is 5.76 Å². The molecule has 1 aromatic carbocycles. The Hall–Kier alpha value is -3.63. The van der Waals surface area contributed by atoms with Crippen LogP contribution in [0.2, 0.25) is 0 Å². The summed E-state index contributed by atoms with van der Waals surface area (Å²) in [4.78, 5) is 44.6. The molecule has 11 heteroatoms. The zero-order valence-electron chi connectivity index (χ0n) is 17.0. The van der Waals surface area contributed by atoms with Crippen LogP contribution in [-0.4, -0.2) is 57.3 Å². The van der Waals surface area contributed by atoms with Gasteiger partial charge in [-0.25, -0.2) is 4.98 Å². The Kier molecular flexibility index (Phi) is 5.49. The quantitative estimate of drug-likeness (QED) is 0.615. The predicted octanol–water partition coefficient (Wildman–Crippen LogP) is 2.55. The Morgan fingerprint density at radius 2 is 1.69 bits per heavy atom. The largest absolute Gasteiger partial charge is 0.459 e. The minimum absolute atomic E-state index is 0.0343. The van der Waals surface area contributed by atoms with Crippen LogP contribution in [0.5, 0.6) is 0 Å². The van der Waals surface area contributed by atoms with Gasteiger partial charge in [0.25, 0.3) is 11.5 Å². The van der Waals surface area contributed by atoms with E-state index in [1.165, 1.54) is 41.2 Å². The number of amides is 2. The van der Waals surface area contributed by atoms with Gasteiger partial charge in [-0.1, -0.05) is 12.1 Å². The smallest absolute Gasteiger partial charge is 0.438 e. The molecule has 4 rings (SSSR count). The highest BCUT2D eigenvalue weighted by Gasteiger charge is 2.39. The number of para-hydroxylation sites is 2. The number of furan rings is 1. The van der Waals surface area contributed by atoms with Gasteiger partial charge >= 0.3 is 6.18 Å². The molecular formula is C21H19F3N4O4. The average Bonchev–Trinajstić information content (AvgIpc) is 3.31. The first-order valence-electron chi connectivity index (χ1n) is 9.88. The summed E-state index contributed by atoms with van der Waals surface area (Å²) >= 11 is 0. The summed E-state index contributed by atoms with van der Waals surface area (Å²) in [6.45, 7) is 2.21. The van der Waals surface area contributed by atoms with Crippen molar-refractivity contribution < 1.29 is 27.2 Å². The Morgan fingerprint density at radius 1 is 1.03 bits per heavy atom. The minimum atomic E-state index is -4.95. The number of hydrogen-bond acceptors (Lipinski definition) is 5. The number of benzene rings is 1. The molecule has 0 N–H and O–H groups in total. The molecule has 1 saturated heterocycles. The lowest BCUT2D eigenvalue weighted by atomic mass is 10.2. The number of nitrogens with zero attached hydrogens (tertiary/aromatic N) is 4. The zero-order valence-corrected chi connectivity index (χ0v) is 17.0. The van der Waals surface area contributed by atoms with Crippen molar-refractivity contribution >= 4 is 22.8 Å². The summed E-state index contributed by atoms with van der Waals surface area (Å²) in [5.41, 5.74) is -2.83. The molecule has 2 amide bonds. The minimum Gasteiger partial charge on any atom is -0.459 e. The third kappa shape index (κ3) is 3.85. The van der Waals surface area contributed by atoms with Crippen molar-refractivity contribution in [2.75, 3.05) is 26.2 Å². The topological polar surface area (TPSA) is 88.7 Å². The predicted molar refractivity (Wildman–Crippen MR) is 107 cm³/mol. The maximum Gasteiger partial charge on any atom is 0.438 e. The molecule has 8 nitrogen and oxygen atoms in total. The van der Waals surface area contributed by atoms with E-state index in [9.17, 15) is 27.6 Å². The van der Waals surface area contributed by atoms with Crippen LogP contribution in [0.4, 0.5) is 13.2 Å². The number of aromatic nitrogens is 2. The summed E-state index contributed by atoms with van der Waals surface area (Å²) < 4.78 is 46.1. The van der Waals surface area contributed by atoms with E-state index in [1.54, 1.807) is 18.2 Å². The van der Waals surface area contributed by atoms with Gasteiger partial charge in [0, 0.05) is 26.2 Å². The number of carbonyl (C=O) groups excluding carboxylic acids is 2. The number of carbonyl (C=O) groups is 2. The van der Waals surface area contributed by atoms with Crippen LogP contribution in [-0.2, 0) is 11.0 Å². The molecule has 3 heterocycles. The Morgan fingerprint density at radius 3 is 2.31 bits per heavy atom. The molecule has 32 heavy (non-hydrogen) atoms. The highest BCUT2D eigenvalue weighted by atomic mass is 19.4. The van der Waals surface area contributed by atoms with Crippen molar-refractivity contribution in [2.45, 2.75) is 19.1 Å². The molecule has 1 atom stereocenters. The Bertz CT molecular complexity index is 1210. The average molecular weight is 448 g/mol. The van der Waals surface area contributed by atoms with Crippen LogP contribution in [0.25, 0.3) is 11.0 Å². The zero-order chi connectivity index (χ0) is 23.0. The number of halogens is 3. The van der Waals surface area contributed by atoms with E-state index in [1.807, 2.05) is 0 Å². The maximum absolute atomic E-state index is 13.4. The fraction of sp³-hybridized carbons (Fsp3) is 0.333. The van der Waals surface area contributed by atoms with Crippen LogP contribution in [0, 0.1) is 0 Å². The molecule has 1 aliphatic rings. The third-order valence-electron chi connectivity index (χ3n) is 5.42. The molecule has 0 spiro atoms. The highest BCUT2D eigenvalue weighted by molar-refractivity contribution is 5.91. The fourth-order valence-corrected chi connectivity index (χ4v) is 3.78. The van der Waals surface area contributed by atoms with Gasteiger partial charge in [-0.05, 0) is 31.2 Å². The van der Waals surface area contributed by atoms with E-state index in [-0.39, 0.29) is 48.9 Å². The van der Waals surface area contributed by atoms with Gasteiger partial charge in [-0.2, -0.15) is 13.2 Å². The number of piperazine rings is 1. The molecule has 168 valence electrons. The monoisotopic (exact) mass is 448 g/mol. The van der Waals surface area contributed by atoms with Gasteiger partial charge in [-0.15, -0.1) is 0 Å². The van der Waals surface area contributed by atoms with Crippen molar-refractivity contribution in [3.05, 3.63) is 64.5 Å². The molecule has 1 fully saturated rings. The van der Waals surface area contributed by atoms with Gasteiger partial charge in [0.2, 0.25) is 11.6 Å². The van der Waals surface area contributed by atoms with Crippen LogP contribution in [0.1, 0.15) is 29.2 Å². The van der Waals surface area contributed by atoms with E-state index in [4.69, 9.17) is 4.42 Å². The molecule has 0 aliphatic carbocycles. The summed E-state index contributed by atoms with van der Waals surface area (Å²) in [6.07, 6.45) is -3.57. The molecule has 0 radical (unpaired) electrons. The standard InChI is InChI=1S/C21H19F3N4O4/c1-13(18(29)26-8-10-27(11-9-26)19(30)16-7-4-12-32-16)28-15-6-3-2-5-14(15)25-17(20(28)31)21(22,23)24/h2-7,12-13H,8-11H2,1H3. The molecule has 0 bridgehead atoms. The SMILES string of the molecule is CC(C(=O)N1CCN(C(=O)c2ccco2)CC1)n1c(=O)c(C(F)(F)F)nc2ccccc21. The Balaban J connectivity index is 1.59. The van der Waals surface area contributed by atoms with Gasteiger partial charge < -0.3 is 14.2 Å². The lowest BCUT2D eigenvalue weighted by Crippen LogP contribution is -2.52. The van der Waals surface area contributed by atoms with Crippen LogP contribution < -0.4 is 5.56 Å². The van der Waals surface area contributed by atoms with Crippen molar-refractivity contribution in [2.24, 2.45) is 0 Å². The first-order chi connectivity index (χ1) is 15.2. The number of alkyl halides is 3. The van der Waals surface area contributed by atoms with Crippen molar-refractivity contribution in [3.8, 4) is 0 Å². The lowest BCUT2D eigenvalue weighted by Gasteiger charge is -2.36. The maximum atomic E-state index is 13.4. The summed E-state index contributed by atoms with van der Waals surface area (Å²) in [7, 11) is 0. The van der Waals surface area contributed by atoms with Crippen molar-refractivity contribution in [1.29, 1.82) is 0 Å². The first-order valence-corrected chi connectivity index (χ1v) is 9.88. The highest BCUT2D eigenvalue weighted by Crippen LogP contribution is 2.27. The fourth-order valence-electron chi connectivity index (χ4n) is 3.78. The molecule has 0 saturated carbocycles. The summed E-state index contributed by atoms with van der Waals surface area (Å²) in [5, 5.41) is 0. The number of rotatable bonds is 3. The van der Waals surface area contributed by atoms with Crippen LogP contribution >= 0.6 is 0 Å². The van der Waals surface area contributed by atoms with Gasteiger partial charge in [0.05, 0.1) is 17.3 Å². The molecular weight excluding hydrogens is 429 g/mol. The summed E-state index contributed by atoms with van der Waals surface area (Å²) in [6, 6.07) is 7.82. The van der Waals surface area contributed by atoms with E-state index < -0.39 is 29.4 Å². The summed E-state index contributed by atoms with van der Waals surface area (Å²) in [5.74, 6) is -0.629. The molecule has 2 aromatic heterocycles. The second-order valence-corrected chi connectivity index (χ2v) is 7.39. The molecule has 1 unspecified atom stereocenters. The van der Waals surface area contributed by atoms with E-state index >= 15 is 0 Å². The second-order valence-electron chi connectivity index (χ2n) is 7.39.